The molecule has 2 rings (SSSR count). The molecule has 0 saturated carbocycles. The normalized spacial score (nSPS) is 29.1. The maximum atomic E-state index is 5.18. The molecule has 14 heavy (non-hydrogen) atoms. The zero-order chi connectivity index (χ0) is 10.2. The van der Waals surface area contributed by atoms with Gasteiger partial charge in [-0.25, -0.2) is 0 Å². The summed E-state index contributed by atoms with van der Waals surface area (Å²) in [6.45, 7) is 8.47. The highest BCUT2D eigenvalue weighted by molar-refractivity contribution is 4.56. The molecular weight excluding hydrogens is 176 g/mol. The van der Waals surface area contributed by atoms with Gasteiger partial charge in [0.2, 0.25) is 0 Å². The van der Waals surface area contributed by atoms with Crippen molar-refractivity contribution in [3.05, 3.63) is 0 Å². The van der Waals surface area contributed by atoms with Gasteiger partial charge in [-0.15, -0.1) is 0 Å². The number of hydrogen-bond acceptors (Lipinski definition) is 2. The van der Waals surface area contributed by atoms with Crippen LogP contribution in [0.3, 0.4) is 0 Å². The first-order valence-corrected chi connectivity index (χ1v) is 5.94. The summed E-state index contributed by atoms with van der Waals surface area (Å²) in [5.41, 5.74) is 0. The molecule has 0 aliphatic carbocycles. The summed E-state index contributed by atoms with van der Waals surface area (Å²) in [4.78, 5) is 0. The molecule has 2 heteroatoms. The van der Waals surface area contributed by atoms with E-state index in [1.54, 1.807) is 0 Å². The van der Waals surface area contributed by atoms with E-state index in [9.17, 15) is 0 Å². The molecule has 2 fully saturated rings. The molecule has 0 aromatic carbocycles. The lowest BCUT2D eigenvalue weighted by Gasteiger charge is -2.16. The summed E-state index contributed by atoms with van der Waals surface area (Å²) in [7, 11) is 0. The Morgan fingerprint density at radius 1 is 0.786 bits per heavy atom. The van der Waals surface area contributed by atoms with Gasteiger partial charge in [0.05, 0.1) is 0 Å². The highest BCUT2D eigenvalue weighted by Crippen LogP contribution is 2.12. The number of ether oxygens (including phenoxy) is 2. The lowest BCUT2D eigenvalue weighted by Crippen LogP contribution is -2.13. The van der Waals surface area contributed by atoms with E-state index in [2.05, 4.69) is 13.8 Å². The van der Waals surface area contributed by atoms with E-state index >= 15 is 0 Å². The lowest BCUT2D eigenvalue weighted by molar-refractivity contribution is 0.0616. The minimum Gasteiger partial charge on any atom is -0.381 e. The third-order valence-electron chi connectivity index (χ3n) is 2.90. The maximum absolute atomic E-state index is 5.18. The highest BCUT2D eigenvalue weighted by Gasteiger charge is 2.06. The molecular formula is C12H24O2. The van der Waals surface area contributed by atoms with Crippen molar-refractivity contribution in [2.75, 3.05) is 26.4 Å². The van der Waals surface area contributed by atoms with Crippen molar-refractivity contribution in [1.82, 2.24) is 0 Å². The van der Waals surface area contributed by atoms with Gasteiger partial charge in [-0.1, -0.05) is 13.8 Å². The first-order valence-electron chi connectivity index (χ1n) is 5.94. The third kappa shape index (κ3) is 5.61. The van der Waals surface area contributed by atoms with Crippen LogP contribution in [0.25, 0.3) is 0 Å². The average molecular weight is 200 g/mol. The fourth-order valence-electron chi connectivity index (χ4n) is 1.72. The molecule has 0 aromatic heterocycles. The number of hydrogen-bond donors (Lipinski definition) is 0. The van der Waals surface area contributed by atoms with Gasteiger partial charge in [0.15, 0.2) is 0 Å². The van der Waals surface area contributed by atoms with E-state index < -0.39 is 0 Å². The fourth-order valence-corrected chi connectivity index (χ4v) is 1.72. The van der Waals surface area contributed by atoms with Crippen LogP contribution in [-0.4, -0.2) is 26.4 Å². The van der Waals surface area contributed by atoms with E-state index in [0.29, 0.717) is 0 Å². The second-order valence-electron chi connectivity index (χ2n) is 4.62. The summed E-state index contributed by atoms with van der Waals surface area (Å²) >= 11 is 0. The minimum atomic E-state index is 0.814. The van der Waals surface area contributed by atoms with Crippen LogP contribution in [0.5, 0.6) is 0 Å². The van der Waals surface area contributed by atoms with E-state index in [1.165, 1.54) is 25.7 Å². The molecule has 0 bridgehead atoms. The first kappa shape index (κ1) is 12.0. The van der Waals surface area contributed by atoms with Crippen LogP contribution < -0.4 is 0 Å². The van der Waals surface area contributed by atoms with E-state index in [-0.39, 0.29) is 0 Å². The van der Waals surface area contributed by atoms with E-state index in [4.69, 9.17) is 9.47 Å². The molecule has 0 spiro atoms. The Hall–Kier alpha value is -0.0800. The summed E-state index contributed by atoms with van der Waals surface area (Å²) in [6, 6.07) is 0. The van der Waals surface area contributed by atoms with Crippen LogP contribution in [0.1, 0.15) is 39.5 Å². The standard InChI is InChI=1S/2C6H12O/c1-6-2-4-7-5-3-6;1-6-3-2-4-7-5-6/h2*6H,2-5H2,1H3. The molecule has 0 radical (unpaired) electrons. The van der Waals surface area contributed by atoms with Gasteiger partial charge < -0.3 is 9.47 Å². The topological polar surface area (TPSA) is 18.5 Å². The van der Waals surface area contributed by atoms with Gasteiger partial charge >= 0.3 is 0 Å². The molecule has 2 saturated heterocycles. The molecule has 2 aliphatic heterocycles. The molecule has 0 aromatic rings. The maximum Gasteiger partial charge on any atom is 0.0491 e. The average Bonchev–Trinajstić information content (AvgIpc) is 2.21. The third-order valence-corrected chi connectivity index (χ3v) is 2.90. The fraction of sp³-hybridized carbons (Fsp3) is 1.00. The summed E-state index contributed by atoms with van der Waals surface area (Å²) in [5.74, 6) is 1.72. The largest absolute Gasteiger partial charge is 0.381 e. The van der Waals surface area contributed by atoms with Crippen LogP contribution in [0.4, 0.5) is 0 Å². The zero-order valence-corrected chi connectivity index (χ0v) is 9.63. The van der Waals surface area contributed by atoms with Crippen molar-refractivity contribution in [3.63, 3.8) is 0 Å². The van der Waals surface area contributed by atoms with Crippen LogP contribution >= 0.6 is 0 Å². The first-order chi connectivity index (χ1) is 6.79. The minimum absolute atomic E-state index is 0.814. The van der Waals surface area contributed by atoms with Gasteiger partial charge in [-0.3, -0.25) is 0 Å². The van der Waals surface area contributed by atoms with Crippen molar-refractivity contribution in [3.8, 4) is 0 Å². The smallest absolute Gasteiger partial charge is 0.0491 e. The van der Waals surface area contributed by atoms with Crippen molar-refractivity contribution < 1.29 is 9.47 Å². The van der Waals surface area contributed by atoms with Crippen molar-refractivity contribution >= 4 is 0 Å². The number of rotatable bonds is 0. The zero-order valence-electron chi connectivity index (χ0n) is 9.63. The Balaban J connectivity index is 0.000000140. The van der Waals surface area contributed by atoms with E-state index in [0.717, 1.165) is 38.3 Å². The van der Waals surface area contributed by atoms with Crippen molar-refractivity contribution in [2.24, 2.45) is 11.8 Å². The Bertz CT molecular complexity index is 108. The molecule has 2 heterocycles. The monoisotopic (exact) mass is 200 g/mol. The van der Waals surface area contributed by atoms with Crippen LogP contribution in [0.15, 0.2) is 0 Å². The highest BCUT2D eigenvalue weighted by atomic mass is 16.5. The predicted molar refractivity (Wildman–Crippen MR) is 58.4 cm³/mol. The molecule has 1 atom stereocenters. The molecule has 84 valence electrons. The van der Waals surface area contributed by atoms with Crippen molar-refractivity contribution in [1.29, 1.82) is 0 Å². The molecule has 0 N–H and O–H groups in total. The predicted octanol–water partition coefficient (Wildman–Crippen LogP) is 2.87. The van der Waals surface area contributed by atoms with Gasteiger partial charge in [0.25, 0.3) is 0 Å². The Morgan fingerprint density at radius 3 is 1.79 bits per heavy atom. The van der Waals surface area contributed by atoms with Gasteiger partial charge in [0, 0.05) is 26.4 Å². The van der Waals surface area contributed by atoms with Crippen LogP contribution in [-0.2, 0) is 9.47 Å². The lowest BCUT2D eigenvalue weighted by atomic mass is 10.0. The summed E-state index contributed by atoms with van der Waals surface area (Å²) < 4.78 is 10.3. The Labute approximate surface area is 88.0 Å². The van der Waals surface area contributed by atoms with Gasteiger partial charge in [-0.2, -0.15) is 0 Å². The van der Waals surface area contributed by atoms with Crippen LogP contribution in [0, 0.1) is 11.8 Å². The second-order valence-corrected chi connectivity index (χ2v) is 4.62. The van der Waals surface area contributed by atoms with Gasteiger partial charge in [-0.05, 0) is 37.5 Å². The second kappa shape index (κ2) is 7.24. The van der Waals surface area contributed by atoms with Gasteiger partial charge in [0.1, 0.15) is 0 Å². The van der Waals surface area contributed by atoms with Crippen molar-refractivity contribution in [2.45, 2.75) is 39.5 Å². The summed E-state index contributed by atoms with van der Waals surface area (Å²) in [5, 5.41) is 0. The molecule has 2 aliphatic rings. The van der Waals surface area contributed by atoms with E-state index in [1.807, 2.05) is 0 Å². The molecule has 1 unspecified atom stereocenters. The quantitative estimate of drug-likeness (QED) is 0.598. The van der Waals surface area contributed by atoms with Crippen LogP contribution in [0.2, 0.25) is 0 Å². The Kier molecular flexibility index (Phi) is 6.20. The molecule has 0 amide bonds. The molecule has 2 nitrogen and oxygen atoms in total. The Morgan fingerprint density at radius 2 is 1.50 bits per heavy atom. The summed E-state index contributed by atoms with van der Waals surface area (Å²) in [6.07, 6.45) is 5.15. The SMILES string of the molecule is CC1CCCOC1.CC1CCOCC1.